The quantitative estimate of drug-likeness (QED) is 0.610. The minimum absolute atomic E-state index is 0.981. The molecule has 0 bridgehead atoms. The summed E-state index contributed by atoms with van der Waals surface area (Å²) in [7, 11) is 0. The normalized spacial score (nSPS) is 7.30. The molecule has 5 heteroatoms. The Morgan fingerprint density at radius 1 is 1.10 bits per heavy atom. The Morgan fingerprint density at radius 2 is 1.50 bits per heavy atom. The Kier molecular flexibility index (Phi) is 7.42. The van der Waals surface area contributed by atoms with E-state index in [1.54, 1.807) is 12.4 Å². The molecule has 0 saturated heterocycles. The highest BCUT2D eigenvalue weighted by molar-refractivity contribution is 8.34. The lowest BCUT2D eigenvalue weighted by molar-refractivity contribution is 1.33. The molecule has 1 aromatic heterocycles. The van der Waals surface area contributed by atoms with Crippen molar-refractivity contribution in [2.75, 3.05) is 0 Å². The molecule has 0 atom stereocenters. The van der Waals surface area contributed by atoms with Crippen LogP contribution in [0.4, 0.5) is 0 Å². The lowest BCUT2D eigenvalue weighted by Crippen LogP contribution is -1.58. The maximum Gasteiger partial charge on any atom is 0.104 e. The Labute approximate surface area is 75.3 Å². The second kappa shape index (κ2) is 7.29. The Hall–Kier alpha value is 0.180. The summed E-state index contributed by atoms with van der Waals surface area (Å²) in [6.45, 7) is 0. The molecule has 0 spiro atoms. The Morgan fingerprint density at radius 3 is 1.60 bits per heavy atom. The molecule has 0 N–H and O–H groups in total. The highest BCUT2D eigenvalue weighted by Gasteiger charge is 1.58. The van der Waals surface area contributed by atoms with Gasteiger partial charge in [-0.05, 0) is 47.0 Å². The van der Waals surface area contributed by atoms with Crippen LogP contribution in [0.25, 0.3) is 0 Å². The summed E-state index contributed by atoms with van der Waals surface area (Å²) >= 11 is 13.5. The number of nitrogens with zero attached hydrogens (tertiary/aromatic N) is 1. The third-order valence-electron chi connectivity index (χ3n) is 0.566. The number of aromatic nitrogens is 1. The minimum Gasteiger partial charge on any atom is -0.265 e. The van der Waals surface area contributed by atoms with E-state index in [2.05, 4.69) is 28.6 Å². The highest BCUT2D eigenvalue weighted by Crippen LogP contribution is 2.07. The fourth-order valence-corrected chi connectivity index (χ4v) is 0.313. The first-order valence-corrected chi connectivity index (χ1v) is 6.66. The summed E-state index contributed by atoms with van der Waals surface area (Å²) in [6.07, 6.45) is 3.50. The molecule has 0 aliphatic carbocycles. The molecule has 1 heterocycles. The van der Waals surface area contributed by atoms with Gasteiger partial charge in [-0.3, -0.25) is 4.98 Å². The van der Waals surface area contributed by atoms with Crippen LogP contribution in [0.15, 0.2) is 30.6 Å². The summed E-state index contributed by atoms with van der Waals surface area (Å²) in [5, 5.41) is 0. The second-order valence-electron chi connectivity index (χ2n) is 1.24. The van der Waals surface area contributed by atoms with Crippen molar-refractivity contribution in [1.82, 2.24) is 4.98 Å². The predicted octanol–water partition coefficient (Wildman–Crippen LogP) is 2.63. The predicted molar refractivity (Wildman–Crippen MR) is 51.7 cm³/mol. The lowest BCUT2D eigenvalue weighted by Gasteiger charge is -1.70. The molecule has 0 fully saturated rings. The van der Waals surface area contributed by atoms with Crippen LogP contribution in [-0.4, -0.2) is 4.98 Å². The molecule has 54 valence electrons. The van der Waals surface area contributed by atoms with E-state index >= 15 is 0 Å². The van der Waals surface area contributed by atoms with Gasteiger partial charge in [0.05, 0.1) is 0 Å². The maximum atomic E-state index is 4.97. The van der Waals surface area contributed by atoms with Crippen LogP contribution >= 0.6 is 16.1 Å². The summed E-state index contributed by atoms with van der Waals surface area (Å²) in [4.78, 5) is 2.80. The number of rotatable bonds is 0. The maximum absolute atomic E-state index is 4.97. The molecule has 0 amide bonds. The average Bonchev–Trinajstić information content (AvgIpc) is 1.90. The molecule has 1 nitrogen and oxygen atoms in total. The van der Waals surface area contributed by atoms with Gasteiger partial charge in [-0.2, -0.15) is 0 Å². The van der Waals surface area contributed by atoms with Crippen LogP contribution in [0, 0.1) is 0 Å². The summed E-state index contributed by atoms with van der Waals surface area (Å²) < 4.78 is 0. The molecule has 1 aromatic rings. The molecule has 0 aliphatic rings. The van der Waals surface area contributed by atoms with Gasteiger partial charge in [0, 0.05) is 12.4 Å². The van der Waals surface area contributed by atoms with E-state index in [0.717, 1.165) is 0 Å². The van der Waals surface area contributed by atoms with Crippen molar-refractivity contribution in [3.63, 3.8) is 0 Å². The number of hydrogen-bond donors (Lipinski definition) is 0. The Bertz CT molecular complexity index is 190. The van der Waals surface area contributed by atoms with Gasteiger partial charge in [0.1, 0.15) is 4.82 Å². The monoisotopic (exact) mass is 209 g/mol. The van der Waals surface area contributed by atoms with Crippen molar-refractivity contribution < 1.29 is 0 Å². The van der Waals surface area contributed by atoms with E-state index in [1.165, 1.54) is 0 Å². The second-order valence-corrected chi connectivity index (χ2v) is 6.76. The van der Waals surface area contributed by atoms with Crippen LogP contribution in [0.3, 0.4) is 0 Å². The van der Waals surface area contributed by atoms with Crippen LogP contribution in [-0.2, 0) is 23.6 Å². The first kappa shape index (κ1) is 10.2. The van der Waals surface area contributed by atoms with Gasteiger partial charge in [-0.15, -0.1) is 0 Å². The molecule has 0 unspecified atom stereocenters. The smallest absolute Gasteiger partial charge is 0.104 e. The van der Waals surface area contributed by atoms with Crippen molar-refractivity contribution in [1.29, 1.82) is 0 Å². The van der Waals surface area contributed by atoms with Gasteiger partial charge >= 0.3 is 0 Å². The lowest BCUT2D eigenvalue weighted by atomic mass is 10.5. The summed E-state index contributed by atoms with van der Waals surface area (Å²) in [5.74, 6) is 0. The molecular formula is C5H5ClNPS2. The van der Waals surface area contributed by atoms with Crippen molar-refractivity contribution in [3.05, 3.63) is 30.6 Å². The first-order valence-electron chi connectivity index (χ1n) is 2.38. The largest absolute Gasteiger partial charge is 0.265 e. The zero-order chi connectivity index (χ0) is 7.82. The van der Waals surface area contributed by atoms with Gasteiger partial charge in [0.2, 0.25) is 0 Å². The van der Waals surface area contributed by atoms with E-state index < -0.39 is 4.82 Å². The molecule has 0 aliphatic heterocycles. The SMILES string of the molecule is S=P(=S)Cl.c1ccncc1. The summed E-state index contributed by atoms with van der Waals surface area (Å²) in [5.41, 5.74) is 0. The van der Waals surface area contributed by atoms with Crippen LogP contribution in [0.2, 0.25) is 0 Å². The standard InChI is InChI=1S/C5H5N.ClPS2/c1-2-4-6-5-3-1;1-2(3)4/h1-5H;. The van der Waals surface area contributed by atoms with E-state index in [-0.39, 0.29) is 0 Å². The molecule has 10 heavy (non-hydrogen) atoms. The fraction of sp³-hybridized carbons (Fsp3) is 0. The van der Waals surface area contributed by atoms with Crippen molar-refractivity contribution in [3.8, 4) is 0 Å². The minimum atomic E-state index is -0.981. The molecule has 1 rings (SSSR count). The first-order chi connectivity index (χ1) is 4.73. The van der Waals surface area contributed by atoms with Crippen LogP contribution < -0.4 is 0 Å². The number of hydrogen-bond acceptors (Lipinski definition) is 3. The van der Waals surface area contributed by atoms with Gasteiger partial charge in [0.15, 0.2) is 0 Å². The fourth-order valence-electron chi connectivity index (χ4n) is 0.313. The van der Waals surface area contributed by atoms with Crippen LogP contribution in [0.5, 0.6) is 0 Å². The number of pyridine rings is 1. The number of halogens is 1. The van der Waals surface area contributed by atoms with E-state index in [9.17, 15) is 0 Å². The van der Waals surface area contributed by atoms with Gasteiger partial charge in [-0.25, -0.2) is 0 Å². The topological polar surface area (TPSA) is 12.9 Å². The van der Waals surface area contributed by atoms with Crippen molar-refractivity contribution >= 4 is 39.7 Å². The van der Waals surface area contributed by atoms with Crippen LogP contribution in [0.1, 0.15) is 0 Å². The third-order valence-corrected chi connectivity index (χ3v) is 0.566. The van der Waals surface area contributed by atoms with E-state index in [1.807, 2.05) is 18.2 Å². The highest BCUT2D eigenvalue weighted by atomic mass is 35.7. The molecule has 0 aromatic carbocycles. The Balaban J connectivity index is 0.000000180. The third kappa shape index (κ3) is 11.0. The van der Waals surface area contributed by atoms with Gasteiger partial charge in [-0.1, -0.05) is 6.07 Å². The van der Waals surface area contributed by atoms with Crippen molar-refractivity contribution in [2.24, 2.45) is 0 Å². The molecule has 0 radical (unpaired) electrons. The van der Waals surface area contributed by atoms with Gasteiger partial charge in [0.25, 0.3) is 0 Å². The average molecular weight is 210 g/mol. The zero-order valence-electron chi connectivity index (χ0n) is 4.98. The summed E-state index contributed by atoms with van der Waals surface area (Å²) in [6, 6.07) is 5.72. The van der Waals surface area contributed by atoms with Crippen molar-refractivity contribution in [2.45, 2.75) is 0 Å². The molecular weight excluding hydrogens is 205 g/mol. The molecule has 0 saturated carbocycles. The van der Waals surface area contributed by atoms with E-state index in [0.29, 0.717) is 0 Å². The zero-order valence-corrected chi connectivity index (χ0v) is 8.26. The van der Waals surface area contributed by atoms with E-state index in [4.69, 9.17) is 11.2 Å². The van der Waals surface area contributed by atoms with Gasteiger partial charge < -0.3 is 0 Å².